The van der Waals surface area contributed by atoms with Crippen molar-refractivity contribution in [3.05, 3.63) is 141 Å². The lowest BCUT2D eigenvalue weighted by molar-refractivity contribution is -0.191. The van der Waals surface area contributed by atoms with Gasteiger partial charge < -0.3 is 18.9 Å². The Morgan fingerprint density at radius 3 is 1.45 bits per heavy atom. The summed E-state index contributed by atoms with van der Waals surface area (Å²) in [5.41, 5.74) is 7.29. The van der Waals surface area contributed by atoms with Crippen LogP contribution >= 0.6 is 0 Å². The number of nitrogens with zero attached hydrogens (tertiary/aromatic N) is 4. The number of carbonyl (C=O) groups is 5. The van der Waals surface area contributed by atoms with Crippen LogP contribution in [-0.2, 0) is 39.6 Å². The molecule has 1 unspecified atom stereocenters. The summed E-state index contributed by atoms with van der Waals surface area (Å²) in [6.07, 6.45) is -2.10. The van der Waals surface area contributed by atoms with Gasteiger partial charge in [-0.3, -0.25) is 38.7 Å². The standard InChI is InChI=1S/C30H37F3N2O4.C30H33F3N2O4/c2*1-18(2)11-25(35-10-9-24(15-27(35)37)30(31,32)33)26(36)13-21(14-28(38)39-5)22-12-23(17-34-16-22)29-19(3)7-6-8-20(29)4/h6-8,12,16-18,21,24-25H,9-11,13-15H2,1-5H3;6-10,12,15-18,21,25H,11,13-14H2,1-5H3/t21-,24?,25+;21-,25+/m00/s1. The molecule has 0 bridgehead atoms. The summed E-state index contributed by atoms with van der Waals surface area (Å²) in [6, 6.07) is 15.2. The number of alkyl halides is 6. The van der Waals surface area contributed by atoms with E-state index in [4.69, 9.17) is 9.47 Å². The summed E-state index contributed by atoms with van der Waals surface area (Å²) in [4.78, 5) is 87.7. The fraction of sp³-hybridized carbons (Fsp3) is 0.467. The molecule has 0 N–H and O–H groups in total. The lowest BCUT2D eigenvalue weighted by Gasteiger charge is -2.38. The van der Waals surface area contributed by atoms with Crippen molar-refractivity contribution >= 4 is 29.4 Å². The van der Waals surface area contributed by atoms with Gasteiger partial charge in [-0.1, -0.05) is 64.1 Å². The molecule has 0 aliphatic carbocycles. The number of rotatable bonds is 20. The number of aromatic nitrogens is 3. The van der Waals surface area contributed by atoms with Crippen LogP contribution in [0.5, 0.6) is 0 Å². The minimum atomic E-state index is -4.67. The maximum Gasteiger partial charge on any atom is 0.416 e. The van der Waals surface area contributed by atoms with Gasteiger partial charge >= 0.3 is 24.3 Å². The van der Waals surface area contributed by atoms with Gasteiger partial charge in [0.1, 0.15) is 0 Å². The second-order valence-corrected chi connectivity index (χ2v) is 21.1. The molecule has 1 aliphatic heterocycles. The Balaban J connectivity index is 0.000000287. The number of esters is 2. The molecule has 0 spiro atoms. The molecule has 3 aromatic heterocycles. The summed E-state index contributed by atoms with van der Waals surface area (Å²) in [6.45, 7) is 15.4. The second kappa shape index (κ2) is 27.1. The Labute approximate surface area is 452 Å². The van der Waals surface area contributed by atoms with Crippen LogP contribution in [0.25, 0.3) is 22.3 Å². The molecule has 1 fully saturated rings. The number of hydrogen-bond donors (Lipinski definition) is 0. The van der Waals surface area contributed by atoms with E-state index in [0.29, 0.717) is 23.6 Å². The third-order valence-corrected chi connectivity index (χ3v) is 14.2. The van der Waals surface area contributed by atoms with E-state index in [9.17, 15) is 55.1 Å². The molecule has 1 saturated heterocycles. The Hall–Kier alpha value is -6.98. The highest BCUT2D eigenvalue weighted by Gasteiger charge is 2.46. The quantitative estimate of drug-likeness (QED) is 0.0543. The topological polar surface area (TPSA) is 155 Å². The predicted octanol–water partition coefficient (Wildman–Crippen LogP) is 12.6. The third-order valence-electron chi connectivity index (χ3n) is 14.2. The van der Waals surface area contributed by atoms with Crippen molar-refractivity contribution in [2.24, 2.45) is 17.8 Å². The van der Waals surface area contributed by atoms with Crippen LogP contribution in [0, 0.1) is 45.4 Å². The van der Waals surface area contributed by atoms with Gasteiger partial charge in [0.05, 0.1) is 50.6 Å². The zero-order valence-corrected chi connectivity index (χ0v) is 45.9. The van der Waals surface area contributed by atoms with Gasteiger partial charge in [-0.2, -0.15) is 26.3 Å². The number of ether oxygens (including phenoxy) is 2. The van der Waals surface area contributed by atoms with E-state index < -0.39 is 77.6 Å². The number of aryl methyl sites for hydroxylation is 4. The molecule has 0 radical (unpaired) electrons. The predicted molar refractivity (Wildman–Crippen MR) is 284 cm³/mol. The van der Waals surface area contributed by atoms with E-state index in [2.05, 4.69) is 9.97 Å². The number of likely N-dealkylation sites (tertiary alicyclic amines) is 1. The molecular formula is C60H70F6N4O8. The second-order valence-electron chi connectivity index (χ2n) is 21.1. The highest BCUT2D eigenvalue weighted by molar-refractivity contribution is 5.90. The van der Waals surface area contributed by atoms with Crippen LogP contribution in [0.3, 0.4) is 0 Å². The lowest BCUT2D eigenvalue weighted by Crippen LogP contribution is -2.51. The van der Waals surface area contributed by atoms with Crippen molar-refractivity contribution in [2.75, 3.05) is 20.8 Å². The number of ketones is 2. The normalized spacial score (nSPS) is 15.5. The van der Waals surface area contributed by atoms with E-state index in [1.54, 1.807) is 24.8 Å². The van der Waals surface area contributed by atoms with Crippen molar-refractivity contribution in [3.8, 4) is 22.3 Å². The molecule has 12 nitrogen and oxygen atoms in total. The van der Waals surface area contributed by atoms with Crippen molar-refractivity contribution in [1.29, 1.82) is 0 Å². The van der Waals surface area contributed by atoms with Gasteiger partial charge in [0.15, 0.2) is 11.6 Å². The first-order chi connectivity index (χ1) is 36.6. The molecule has 2 aromatic carbocycles. The smallest absolute Gasteiger partial charge is 0.416 e. The minimum absolute atomic E-state index is 0.0266. The first-order valence-corrected chi connectivity index (χ1v) is 26.0. The maximum atomic E-state index is 13.7. The monoisotopic (exact) mass is 1090 g/mol. The van der Waals surface area contributed by atoms with Crippen molar-refractivity contribution < 1.29 is 59.8 Å². The summed E-state index contributed by atoms with van der Waals surface area (Å²) < 4.78 is 89.9. The van der Waals surface area contributed by atoms with Crippen LogP contribution in [0.4, 0.5) is 26.3 Å². The number of halogens is 6. The number of piperidine rings is 1. The van der Waals surface area contributed by atoms with Crippen LogP contribution in [0.1, 0.15) is 136 Å². The number of Topliss-reactive ketones (excluding diaryl/α,β-unsaturated/α-hetero) is 2. The van der Waals surface area contributed by atoms with Crippen molar-refractivity contribution in [2.45, 2.75) is 143 Å². The number of methoxy groups -OCH3 is 2. The Morgan fingerprint density at radius 2 is 1.06 bits per heavy atom. The molecule has 1 amide bonds. The molecule has 6 rings (SSSR count). The van der Waals surface area contributed by atoms with Gasteiger partial charge in [0.2, 0.25) is 5.91 Å². The number of hydrogen-bond acceptors (Lipinski definition) is 10. The zero-order valence-electron chi connectivity index (χ0n) is 45.9. The fourth-order valence-electron chi connectivity index (χ4n) is 10.2. The van der Waals surface area contributed by atoms with Crippen LogP contribution in [-0.4, -0.2) is 81.8 Å². The molecule has 420 valence electrons. The van der Waals surface area contributed by atoms with Crippen molar-refractivity contribution in [3.63, 3.8) is 0 Å². The van der Waals surface area contributed by atoms with E-state index in [0.717, 1.165) is 61.3 Å². The summed E-state index contributed by atoms with van der Waals surface area (Å²) in [5, 5.41) is 0. The van der Waals surface area contributed by atoms with Crippen molar-refractivity contribution in [1.82, 2.24) is 19.4 Å². The third kappa shape index (κ3) is 16.5. The van der Waals surface area contributed by atoms with E-state index in [-0.39, 0.29) is 68.5 Å². The van der Waals surface area contributed by atoms with Gasteiger partial charge in [-0.05, 0) is 121 Å². The Bertz CT molecular complexity index is 2950. The van der Waals surface area contributed by atoms with E-state index in [1.165, 1.54) is 19.1 Å². The highest BCUT2D eigenvalue weighted by atomic mass is 19.4. The van der Waals surface area contributed by atoms with Gasteiger partial charge in [0, 0.05) is 85.8 Å². The molecule has 4 heterocycles. The average Bonchev–Trinajstić information content (AvgIpc) is 3.37. The lowest BCUT2D eigenvalue weighted by atomic mass is 9.85. The number of carbonyl (C=O) groups excluding carboxylic acids is 5. The Morgan fingerprint density at radius 1 is 0.628 bits per heavy atom. The van der Waals surface area contributed by atoms with E-state index >= 15 is 0 Å². The number of benzene rings is 2. The van der Waals surface area contributed by atoms with Crippen LogP contribution in [0.15, 0.2) is 96.4 Å². The molecule has 5 atom stereocenters. The summed E-state index contributed by atoms with van der Waals surface area (Å²) in [5.74, 6) is -5.19. The van der Waals surface area contributed by atoms with Gasteiger partial charge in [-0.15, -0.1) is 0 Å². The van der Waals surface area contributed by atoms with E-state index in [1.807, 2.05) is 104 Å². The van der Waals surface area contributed by atoms with Gasteiger partial charge in [0.25, 0.3) is 5.56 Å². The van der Waals surface area contributed by atoms with Crippen LogP contribution < -0.4 is 5.56 Å². The minimum Gasteiger partial charge on any atom is -0.469 e. The Kier molecular flexibility index (Phi) is 21.5. The number of pyridine rings is 3. The average molecular weight is 1090 g/mol. The molecule has 78 heavy (non-hydrogen) atoms. The largest absolute Gasteiger partial charge is 0.469 e. The maximum absolute atomic E-state index is 13.7. The highest BCUT2D eigenvalue weighted by Crippen LogP contribution is 2.38. The summed E-state index contributed by atoms with van der Waals surface area (Å²) >= 11 is 0. The summed E-state index contributed by atoms with van der Waals surface area (Å²) in [7, 11) is 2.54. The van der Waals surface area contributed by atoms with Gasteiger partial charge in [-0.25, -0.2) is 0 Å². The SMILES string of the molecule is COC(=O)C[C@H](CC(=O)[C@@H](CC(C)C)N1CCC(C(F)(F)F)CC1=O)c1cncc(-c2c(C)cccc2C)c1.COC(=O)C[C@H](CC(=O)[C@@H](CC(C)C)n1ccc(C(F)(F)F)cc1=O)c1cncc(-c2c(C)cccc2C)c1. The molecule has 5 aromatic rings. The van der Waals surface area contributed by atoms with Crippen LogP contribution in [0.2, 0.25) is 0 Å². The molecule has 18 heteroatoms. The first kappa shape index (κ1) is 61.9. The molecular weight excluding hydrogens is 1020 g/mol. The fourth-order valence-corrected chi connectivity index (χ4v) is 10.2. The molecule has 1 aliphatic rings. The molecule has 0 saturated carbocycles. The first-order valence-electron chi connectivity index (χ1n) is 26.0. The number of amides is 1. The zero-order chi connectivity index (χ0) is 57.8.